The molecule has 0 aliphatic heterocycles. The van der Waals surface area contributed by atoms with Crippen LogP contribution in [-0.2, 0) is 17.6 Å². The van der Waals surface area contributed by atoms with Crippen molar-refractivity contribution < 1.29 is 24.2 Å². The number of hydrogen-bond donors (Lipinski definition) is 2. The van der Waals surface area contributed by atoms with Crippen LogP contribution in [0.2, 0.25) is 0 Å². The Balaban J connectivity index is 1.71. The number of carboxylic acid groups (broad SMARTS) is 1. The van der Waals surface area contributed by atoms with Gasteiger partial charge in [0.2, 0.25) is 0 Å². The third kappa shape index (κ3) is 7.39. The number of carboxylic acids is 1. The second kappa shape index (κ2) is 13.4. The number of amides is 1. The van der Waals surface area contributed by atoms with Crippen molar-refractivity contribution >= 4 is 62.7 Å². The van der Waals surface area contributed by atoms with Gasteiger partial charge in [-0.05, 0) is 109 Å². The highest BCUT2D eigenvalue weighted by atomic mass is 127. The molecule has 0 unspecified atom stereocenters. The van der Waals surface area contributed by atoms with Gasteiger partial charge in [-0.15, -0.1) is 11.3 Å². The number of halogens is 1. The highest BCUT2D eigenvalue weighted by Gasteiger charge is 2.24. The van der Waals surface area contributed by atoms with Crippen LogP contribution >= 0.6 is 33.9 Å². The van der Waals surface area contributed by atoms with E-state index in [2.05, 4.69) is 27.9 Å². The van der Waals surface area contributed by atoms with E-state index in [1.54, 1.807) is 23.6 Å². The van der Waals surface area contributed by atoms with Crippen LogP contribution in [0.25, 0.3) is 0 Å². The Hall–Kier alpha value is -2.92. The van der Waals surface area contributed by atoms with E-state index >= 15 is 0 Å². The van der Waals surface area contributed by atoms with Crippen LogP contribution in [0.4, 0.5) is 10.7 Å². The van der Waals surface area contributed by atoms with Crippen molar-refractivity contribution in [2.24, 2.45) is 4.99 Å². The maximum atomic E-state index is 13.7. The number of anilines is 1. The molecule has 0 radical (unpaired) electrons. The van der Waals surface area contributed by atoms with E-state index in [1.165, 1.54) is 17.7 Å². The first-order valence-electron chi connectivity index (χ1n) is 13.1. The summed E-state index contributed by atoms with van der Waals surface area (Å²) in [5, 5.41) is 12.9. The zero-order valence-corrected chi connectivity index (χ0v) is 25.4. The summed E-state index contributed by atoms with van der Waals surface area (Å²) < 4.78 is 11.9. The van der Waals surface area contributed by atoms with E-state index < -0.39 is 12.6 Å². The first-order chi connectivity index (χ1) is 18.8. The molecule has 1 aliphatic carbocycles. The van der Waals surface area contributed by atoms with Crippen LogP contribution in [0.3, 0.4) is 0 Å². The number of thiophene rings is 1. The summed E-state index contributed by atoms with van der Waals surface area (Å²) in [5.74, 6) is -0.335. The first-order valence-corrected chi connectivity index (χ1v) is 15.0. The summed E-state index contributed by atoms with van der Waals surface area (Å²) in [6, 6.07) is 9.70. The number of nitrogens with zero attached hydrogens (tertiary/aromatic N) is 1. The number of ether oxygens (including phenoxy) is 2. The molecule has 4 rings (SSSR count). The standard InChI is InChI=1S/C30H33IN2O5S/c1-4-37-24-15-20(14-22(31)28(24)38-17-26(34)35)16-32-30-27(21-9-7-5-6-8-10-25(21)39-30)29(36)33-23-13-18(2)11-12-19(23)3/h11-16H,4-10,17H2,1-3H3,(H,33,36)(H,34,35). The molecule has 1 aromatic heterocycles. The molecule has 2 aromatic carbocycles. The summed E-state index contributed by atoms with van der Waals surface area (Å²) in [4.78, 5) is 30.8. The molecule has 7 nitrogen and oxygen atoms in total. The fourth-order valence-electron chi connectivity index (χ4n) is 4.62. The highest BCUT2D eigenvalue weighted by molar-refractivity contribution is 14.1. The molecule has 39 heavy (non-hydrogen) atoms. The van der Waals surface area contributed by atoms with E-state index in [1.807, 2.05) is 45.0 Å². The van der Waals surface area contributed by atoms with Gasteiger partial charge in [-0.3, -0.25) is 4.79 Å². The van der Waals surface area contributed by atoms with Gasteiger partial charge >= 0.3 is 5.97 Å². The number of benzene rings is 2. The summed E-state index contributed by atoms with van der Waals surface area (Å²) >= 11 is 3.71. The van der Waals surface area contributed by atoms with Crippen LogP contribution in [0.1, 0.15) is 70.1 Å². The van der Waals surface area contributed by atoms with E-state index in [9.17, 15) is 9.59 Å². The molecule has 1 amide bonds. The number of hydrogen-bond acceptors (Lipinski definition) is 6. The first kappa shape index (κ1) is 29.1. The zero-order chi connectivity index (χ0) is 27.9. The monoisotopic (exact) mass is 660 g/mol. The molecule has 1 heterocycles. The second-order valence-corrected chi connectivity index (χ2v) is 11.8. The quantitative estimate of drug-likeness (QED) is 0.183. The molecule has 0 atom stereocenters. The third-order valence-electron chi connectivity index (χ3n) is 6.52. The molecule has 0 saturated carbocycles. The number of aryl methyl sites for hydroxylation is 3. The number of carbonyl (C=O) groups is 2. The minimum atomic E-state index is -1.06. The summed E-state index contributed by atoms with van der Waals surface area (Å²) in [5.41, 5.74) is 5.47. The number of nitrogens with one attached hydrogen (secondary N) is 1. The van der Waals surface area contributed by atoms with Gasteiger partial charge in [-0.2, -0.15) is 0 Å². The number of aliphatic carboxylic acids is 1. The van der Waals surface area contributed by atoms with E-state index in [0.717, 1.165) is 53.6 Å². The van der Waals surface area contributed by atoms with Crippen LogP contribution in [-0.4, -0.2) is 36.4 Å². The molecule has 0 fully saturated rings. The van der Waals surface area contributed by atoms with Gasteiger partial charge in [0, 0.05) is 16.8 Å². The predicted octanol–water partition coefficient (Wildman–Crippen LogP) is 7.49. The Kier molecular flexibility index (Phi) is 10.0. The summed E-state index contributed by atoms with van der Waals surface area (Å²) in [7, 11) is 0. The Morgan fingerprint density at radius 3 is 2.62 bits per heavy atom. The second-order valence-electron chi connectivity index (χ2n) is 9.57. The van der Waals surface area contributed by atoms with E-state index in [0.29, 0.717) is 32.2 Å². The lowest BCUT2D eigenvalue weighted by Gasteiger charge is -2.14. The molecule has 3 aromatic rings. The van der Waals surface area contributed by atoms with Gasteiger partial charge in [0.1, 0.15) is 5.00 Å². The lowest BCUT2D eigenvalue weighted by Crippen LogP contribution is -2.15. The molecular formula is C30H33IN2O5S. The number of fused-ring (bicyclic) bond motifs is 1. The lowest BCUT2D eigenvalue weighted by atomic mass is 9.96. The molecule has 2 N–H and O–H groups in total. The normalized spacial score (nSPS) is 13.4. The molecule has 0 spiro atoms. The lowest BCUT2D eigenvalue weighted by molar-refractivity contribution is -0.139. The number of rotatable bonds is 9. The van der Waals surface area contributed by atoms with E-state index in [-0.39, 0.29) is 5.91 Å². The minimum absolute atomic E-state index is 0.129. The van der Waals surface area contributed by atoms with Crippen LogP contribution < -0.4 is 14.8 Å². The molecule has 1 aliphatic rings. The van der Waals surface area contributed by atoms with Crippen molar-refractivity contribution in [2.45, 2.75) is 59.3 Å². The highest BCUT2D eigenvalue weighted by Crippen LogP contribution is 2.40. The Bertz CT molecular complexity index is 1400. The largest absolute Gasteiger partial charge is 0.490 e. The van der Waals surface area contributed by atoms with Crippen LogP contribution in [0.5, 0.6) is 11.5 Å². The van der Waals surface area contributed by atoms with Gasteiger partial charge in [0.05, 0.1) is 15.7 Å². The Labute approximate surface area is 246 Å². The van der Waals surface area contributed by atoms with Crippen LogP contribution in [0.15, 0.2) is 35.3 Å². The summed E-state index contributed by atoms with van der Waals surface area (Å²) in [6.45, 7) is 5.81. The molecule has 0 bridgehead atoms. The minimum Gasteiger partial charge on any atom is -0.490 e. The average Bonchev–Trinajstić information content (AvgIpc) is 3.20. The Morgan fingerprint density at radius 1 is 1.10 bits per heavy atom. The topological polar surface area (TPSA) is 97.2 Å². The molecule has 206 valence electrons. The van der Waals surface area contributed by atoms with Crippen LogP contribution in [0, 0.1) is 17.4 Å². The van der Waals surface area contributed by atoms with Crippen molar-refractivity contribution in [3.8, 4) is 11.5 Å². The van der Waals surface area contributed by atoms with Gasteiger partial charge < -0.3 is 19.9 Å². The van der Waals surface area contributed by atoms with Crippen molar-refractivity contribution in [3.05, 3.63) is 66.6 Å². The van der Waals surface area contributed by atoms with Gasteiger partial charge in [0.25, 0.3) is 5.91 Å². The molecular weight excluding hydrogens is 627 g/mol. The summed E-state index contributed by atoms with van der Waals surface area (Å²) in [6.07, 6.45) is 8.11. The van der Waals surface area contributed by atoms with Crippen molar-refractivity contribution in [3.63, 3.8) is 0 Å². The fraction of sp³-hybridized carbons (Fsp3) is 0.367. The van der Waals surface area contributed by atoms with Crippen molar-refractivity contribution in [1.29, 1.82) is 0 Å². The van der Waals surface area contributed by atoms with Gasteiger partial charge in [0.15, 0.2) is 18.1 Å². The smallest absolute Gasteiger partial charge is 0.341 e. The SMILES string of the molecule is CCOc1cc(C=Nc2sc3c(c2C(=O)Nc2cc(C)ccc2C)CCCCCC3)cc(I)c1OCC(=O)O. The zero-order valence-electron chi connectivity index (χ0n) is 22.4. The fourth-order valence-corrected chi connectivity index (χ4v) is 6.63. The van der Waals surface area contributed by atoms with E-state index in [4.69, 9.17) is 19.6 Å². The molecule has 9 heteroatoms. The maximum absolute atomic E-state index is 13.7. The average molecular weight is 661 g/mol. The number of aliphatic imine (C=N–C) groups is 1. The molecule has 0 saturated heterocycles. The third-order valence-corrected chi connectivity index (χ3v) is 8.52. The predicted molar refractivity (Wildman–Crippen MR) is 165 cm³/mol. The van der Waals surface area contributed by atoms with Gasteiger partial charge in [-0.25, -0.2) is 9.79 Å². The van der Waals surface area contributed by atoms with Crippen molar-refractivity contribution in [1.82, 2.24) is 0 Å². The Morgan fingerprint density at radius 2 is 1.87 bits per heavy atom. The number of carbonyl (C=O) groups excluding carboxylic acids is 1. The van der Waals surface area contributed by atoms with Crippen molar-refractivity contribution in [2.75, 3.05) is 18.5 Å². The maximum Gasteiger partial charge on any atom is 0.341 e. The van der Waals surface area contributed by atoms with Gasteiger partial charge in [-0.1, -0.05) is 25.0 Å².